The molecule has 0 bridgehead atoms. The zero-order valence-electron chi connectivity index (χ0n) is 7.49. The van der Waals surface area contributed by atoms with Crippen molar-refractivity contribution in [2.24, 2.45) is 0 Å². The van der Waals surface area contributed by atoms with Gasteiger partial charge in [-0.2, -0.15) is 13.2 Å². The molecule has 1 aromatic carbocycles. The highest BCUT2D eigenvalue weighted by Gasteiger charge is 2.34. The van der Waals surface area contributed by atoms with Crippen LogP contribution in [0.15, 0.2) is 12.1 Å². The van der Waals surface area contributed by atoms with Crippen molar-refractivity contribution < 1.29 is 17.9 Å². The van der Waals surface area contributed by atoms with Gasteiger partial charge >= 0.3 is 6.18 Å². The average Bonchev–Trinajstić information content (AvgIpc) is 2.15. The van der Waals surface area contributed by atoms with Crippen LogP contribution < -0.4 is 10.1 Å². The first-order valence-corrected chi connectivity index (χ1v) is 4.63. The van der Waals surface area contributed by atoms with E-state index in [2.05, 4.69) is 5.32 Å². The molecule has 0 unspecified atom stereocenters. The summed E-state index contributed by atoms with van der Waals surface area (Å²) in [6, 6.07) is 2.16. The van der Waals surface area contributed by atoms with Gasteiger partial charge in [0.15, 0.2) is 0 Å². The number of halogens is 4. The predicted molar refractivity (Wildman–Crippen MR) is 50.4 cm³/mol. The molecule has 0 fully saturated rings. The second-order valence-corrected chi connectivity index (χ2v) is 3.51. The first kappa shape index (κ1) is 10.4. The van der Waals surface area contributed by atoms with Gasteiger partial charge in [-0.3, -0.25) is 0 Å². The minimum absolute atomic E-state index is 0.331. The summed E-state index contributed by atoms with van der Waals surface area (Å²) in [6.45, 7) is 0.917. The van der Waals surface area contributed by atoms with Crippen LogP contribution in [-0.4, -0.2) is 13.2 Å². The number of alkyl halides is 3. The molecule has 0 radical (unpaired) electrons. The van der Waals surface area contributed by atoms with E-state index in [0.717, 1.165) is 6.07 Å². The van der Waals surface area contributed by atoms with E-state index in [9.17, 15) is 13.2 Å². The number of anilines is 1. The van der Waals surface area contributed by atoms with Crippen molar-refractivity contribution in [3.8, 4) is 5.75 Å². The van der Waals surface area contributed by atoms with Gasteiger partial charge in [-0.15, -0.1) is 0 Å². The number of hydrogen-bond donors (Lipinski definition) is 1. The van der Waals surface area contributed by atoms with Crippen LogP contribution in [0.25, 0.3) is 0 Å². The monoisotopic (exact) mass is 237 g/mol. The Morgan fingerprint density at radius 2 is 2.07 bits per heavy atom. The Labute approximate surface area is 89.0 Å². The Bertz CT molecular complexity index is 392. The number of ether oxygens (including phenoxy) is 1. The van der Waals surface area contributed by atoms with E-state index >= 15 is 0 Å². The number of hydrogen-bond acceptors (Lipinski definition) is 2. The molecule has 0 aliphatic carbocycles. The molecule has 1 N–H and O–H groups in total. The van der Waals surface area contributed by atoms with Gasteiger partial charge in [0.05, 0.1) is 16.3 Å². The first-order chi connectivity index (χ1) is 6.98. The Kier molecular flexibility index (Phi) is 2.42. The maximum absolute atomic E-state index is 12.5. The maximum atomic E-state index is 12.5. The van der Waals surface area contributed by atoms with Crippen LogP contribution in [0.5, 0.6) is 5.75 Å². The van der Waals surface area contributed by atoms with Gasteiger partial charge in [0.25, 0.3) is 0 Å². The minimum atomic E-state index is -4.44. The van der Waals surface area contributed by atoms with Crippen molar-refractivity contribution in [2.75, 3.05) is 18.5 Å². The smallest absolute Gasteiger partial charge is 0.417 e. The van der Waals surface area contributed by atoms with E-state index in [1.165, 1.54) is 6.07 Å². The molecule has 1 aliphatic heterocycles. The van der Waals surface area contributed by atoms with E-state index in [1.54, 1.807) is 0 Å². The van der Waals surface area contributed by atoms with Gasteiger partial charge < -0.3 is 10.1 Å². The molecular weight excluding hydrogens is 231 g/mol. The second kappa shape index (κ2) is 3.48. The van der Waals surface area contributed by atoms with Crippen molar-refractivity contribution in [2.45, 2.75) is 6.18 Å². The molecule has 6 heteroatoms. The SMILES string of the molecule is FC(F)(F)c1cc2c(cc1Cl)OCCN2. The largest absolute Gasteiger partial charge is 0.490 e. The molecule has 1 aromatic rings. The molecule has 2 rings (SSSR count). The Hall–Kier alpha value is -1.10. The molecule has 0 amide bonds. The molecule has 15 heavy (non-hydrogen) atoms. The maximum Gasteiger partial charge on any atom is 0.417 e. The van der Waals surface area contributed by atoms with Crippen LogP contribution in [-0.2, 0) is 6.18 Å². The Morgan fingerprint density at radius 1 is 1.33 bits per heavy atom. The Balaban J connectivity index is 2.50. The molecule has 82 valence electrons. The number of fused-ring (bicyclic) bond motifs is 1. The van der Waals surface area contributed by atoms with Gasteiger partial charge in [0.2, 0.25) is 0 Å². The van der Waals surface area contributed by atoms with E-state index in [1.807, 2.05) is 0 Å². The number of nitrogens with one attached hydrogen (secondary N) is 1. The van der Waals surface area contributed by atoms with E-state index in [-0.39, 0.29) is 5.02 Å². The van der Waals surface area contributed by atoms with Crippen molar-refractivity contribution in [1.29, 1.82) is 0 Å². The molecule has 0 atom stereocenters. The van der Waals surface area contributed by atoms with Gasteiger partial charge in [0.1, 0.15) is 12.4 Å². The van der Waals surface area contributed by atoms with Crippen LogP contribution in [0, 0.1) is 0 Å². The number of rotatable bonds is 0. The first-order valence-electron chi connectivity index (χ1n) is 4.26. The lowest BCUT2D eigenvalue weighted by molar-refractivity contribution is -0.137. The number of benzene rings is 1. The zero-order valence-corrected chi connectivity index (χ0v) is 8.24. The molecule has 0 spiro atoms. The summed E-state index contributed by atoms with van der Waals surface area (Å²) in [4.78, 5) is 0. The van der Waals surface area contributed by atoms with E-state index in [0.29, 0.717) is 24.6 Å². The fourth-order valence-electron chi connectivity index (χ4n) is 1.38. The quantitative estimate of drug-likeness (QED) is 0.748. The zero-order chi connectivity index (χ0) is 11.1. The molecular formula is C9H7ClF3NO. The second-order valence-electron chi connectivity index (χ2n) is 3.10. The van der Waals surface area contributed by atoms with Crippen molar-refractivity contribution in [3.63, 3.8) is 0 Å². The van der Waals surface area contributed by atoms with Crippen molar-refractivity contribution in [1.82, 2.24) is 0 Å². The van der Waals surface area contributed by atoms with Crippen LogP contribution in [0.1, 0.15) is 5.56 Å². The van der Waals surface area contributed by atoms with Crippen molar-refractivity contribution in [3.05, 3.63) is 22.7 Å². The molecule has 0 aromatic heterocycles. The van der Waals surface area contributed by atoms with Crippen LogP contribution in [0.3, 0.4) is 0 Å². The highest BCUT2D eigenvalue weighted by molar-refractivity contribution is 6.31. The minimum Gasteiger partial charge on any atom is -0.490 e. The van der Waals surface area contributed by atoms with E-state index in [4.69, 9.17) is 16.3 Å². The highest BCUT2D eigenvalue weighted by atomic mass is 35.5. The summed E-state index contributed by atoms with van der Waals surface area (Å²) in [7, 11) is 0. The lowest BCUT2D eigenvalue weighted by Gasteiger charge is -2.21. The fraction of sp³-hybridized carbons (Fsp3) is 0.333. The summed E-state index contributed by atoms with van der Waals surface area (Å²) < 4.78 is 42.6. The van der Waals surface area contributed by atoms with Gasteiger partial charge in [0, 0.05) is 12.6 Å². The van der Waals surface area contributed by atoms with E-state index < -0.39 is 11.7 Å². The topological polar surface area (TPSA) is 21.3 Å². The average molecular weight is 238 g/mol. The normalized spacial score (nSPS) is 15.2. The van der Waals surface area contributed by atoms with Crippen LogP contribution in [0.2, 0.25) is 5.02 Å². The van der Waals surface area contributed by atoms with Gasteiger partial charge in [-0.05, 0) is 6.07 Å². The summed E-state index contributed by atoms with van der Waals surface area (Å²) in [5.74, 6) is 0.360. The lowest BCUT2D eigenvalue weighted by atomic mass is 10.1. The summed E-state index contributed by atoms with van der Waals surface area (Å²) in [5.41, 5.74) is -0.515. The standard InChI is InChI=1S/C9H7ClF3NO/c10-6-4-8-7(14-1-2-15-8)3-5(6)9(11,12)13/h3-4,14H,1-2H2. The fourth-order valence-corrected chi connectivity index (χ4v) is 1.64. The molecule has 0 saturated carbocycles. The summed E-state index contributed by atoms with van der Waals surface area (Å²) in [6.07, 6.45) is -4.44. The van der Waals surface area contributed by atoms with Gasteiger partial charge in [-0.1, -0.05) is 11.6 Å². The molecule has 0 saturated heterocycles. The lowest BCUT2D eigenvalue weighted by Crippen LogP contribution is -2.19. The highest BCUT2D eigenvalue weighted by Crippen LogP contribution is 2.40. The van der Waals surface area contributed by atoms with Crippen LogP contribution >= 0.6 is 11.6 Å². The summed E-state index contributed by atoms with van der Waals surface area (Å²) in [5, 5.41) is 2.48. The van der Waals surface area contributed by atoms with Crippen molar-refractivity contribution >= 4 is 17.3 Å². The third-order valence-electron chi connectivity index (χ3n) is 2.05. The molecule has 2 nitrogen and oxygen atoms in total. The van der Waals surface area contributed by atoms with Gasteiger partial charge in [-0.25, -0.2) is 0 Å². The Morgan fingerprint density at radius 3 is 2.73 bits per heavy atom. The van der Waals surface area contributed by atoms with Crippen LogP contribution in [0.4, 0.5) is 18.9 Å². The predicted octanol–water partition coefficient (Wildman–Crippen LogP) is 3.16. The molecule has 1 heterocycles. The molecule has 1 aliphatic rings. The third-order valence-corrected chi connectivity index (χ3v) is 2.36. The third kappa shape index (κ3) is 1.97. The summed E-state index contributed by atoms with van der Waals surface area (Å²) >= 11 is 5.52.